The first-order valence-corrected chi connectivity index (χ1v) is 10.6. The van der Waals surface area contributed by atoms with Gasteiger partial charge in [0.15, 0.2) is 15.6 Å². The summed E-state index contributed by atoms with van der Waals surface area (Å²) in [5, 5.41) is 0. The molecule has 0 bridgehead atoms. The van der Waals surface area contributed by atoms with Crippen molar-refractivity contribution in [3.05, 3.63) is 18.2 Å². The molecule has 0 unspecified atom stereocenters. The molecule has 2 aliphatic rings. The van der Waals surface area contributed by atoms with Crippen molar-refractivity contribution >= 4 is 27.4 Å². The van der Waals surface area contributed by atoms with E-state index in [1.165, 1.54) is 12.1 Å². The lowest BCUT2D eigenvalue weighted by atomic mass is 9.99. The Morgan fingerprint density at radius 3 is 2.62 bits per heavy atom. The van der Waals surface area contributed by atoms with Gasteiger partial charge in [-0.2, -0.15) is 0 Å². The van der Waals surface area contributed by atoms with E-state index in [0.717, 1.165) is 25.9 Å². The molecule has 1 amide bonds. The van der Waals surface area contributed by atoms with Crippen LogP contribution >= 0.6 is 0 Å². The van der Waals surface area contributed by atoms with E-state index >= 15 is 0 Å². The van der Waals surface area contributed by atoms with Gasteiger partial charge in [-0.25, -0.2) is 13.2 Å². The molecule has 7 nitrogen and oxygen atoms in total. The number of piperidine rings is 1. The van der Waals surface area contributed by atoms with E-state index in [1.54, 1.807) is 17.9 Å². The van der Waals surface area contributed by atoms with Crippen molar-refractivity contribution in [1.29, 1.82) is 0 Å². The number of ether oxygens (including phenoxy) is 1. The van der Waals surface area contributed by atoms with Gasteiger partial charge >= 0.3 is 5.97 Å². The number of rotatable bonds is 4. The number of carbonyl (C=O) groups excluding carboxylic acids is 2. The minimum Gasteiger partial charge on any atom is -0.423 e. The summed E-state index contributed by atoms with van der Waals surface area (Å²) in [5.74, 6) is 0.265. The Balaban J connectivity index is 1.80. The van der Waals surface area contributed by atoms with E-state index in [9.17, 15) is 18.0 Å². The number of hydrogen-bond acceptors (Lipinski definition) is 6. The number of benzene rings is 1. The number of anilines is 1. The summed E-state index contributed by atoms with van der Waals surface area (Å²) >= 11 is 0. The molecule has 8 heteroatoms. The molecule has 0 saturated carbocycles. The highest BCUT2D eigenvalue weighted by Crippen LogP contribution is 2.34. The average molecular weight is 380 g/mol. The van der Waals surface area contributed by atoms with Gasteiger partial charge in [0, 0.05) is 19.2 Å². The molecule has 1 aromatic carbocycles. The molecule has 2 aliphatic heterocycles. The highest BCUT2D eigenvalue weighted by atomic mass is 32.2. The van der Waals surface area contributed by atoms with Crippen molar-refractivity contribution in [3.8, 4) is 5.75 Å². The van der Waals surface area contributed by atoms with Crippen LogP contribution in [0.25, 0.3) is 0 Å². The average Bonchev–Trinajstić information content (AvgIpc) is 2.61. The van der Waals surface area contributed by atoms with Gasteiger partial charge < -0.3 is 14.5 Å². The normalized spacial score (nSPS) is 18.5. The smallest absolute Gasteiger partial charge is 0.331 e. The van der Waals surface area contributed by atoms with Gasteiger partial charge in [0.05, 0.1) is 22.9 Å². The Morgan fingerprint density at radius 1 is 1.27 bits per heavy atom. The predicted octanol–water partition coefficient (Wildman–Crippen LogP) is 1.46. The zero-order valence-corrected chi connectivity index (χ0v) is 15.9. The summed E-state index contributed by atoms with van der Waals surface area (Å²) in [7, 11) is -3.40. The third kappa shape index (κ3) is 3.85. The summed E-state index contributed by atoms with van der Waals surface area (Å²) in [5.41, 5.74) is 0.568. The van der Waals surface area contributed by atoms with Crippen LogP contribution in [0.5, 0.6) is 5.75 Å². The van der Waals surface area contributed by atoms with Gasteiger partial charge in [-0.15, -0.1) is 0 Å². The summed E-state index contributed by atoms with van der Waals surface area (Å²) in [6.45, 7) is 5.27. The van der Waals surface area contributed by atoms with Crippen LogP contribution in [0.3, 0.4) is 0 Å². The molecular weight excluding hydrogens is 356 g/mol. The van der Waals surface area contributed by atoms with Crippen LogP contribution in [0.15, 0.2) is 23.1 Å². The second kappa shape index (κ2) is 7.26. The summed E-state index contributed by atoms with van der Waals surface area (Å²) < 4.78 is 29.3. The first-order chi connectivity index (χ1) is 12.3. The molecular formula is C18H24N2O5S. The summed E-state index contributed by atoms with van der Waals surface area (Å²) in [6.07, 6.45) is 1.98. The van der Waals surface area contributed by atoms with Gasteiger partial charge in [0.25, 0.3) is 0 Å². The van der Waals surface area contributed by atoms with Crippen LogP contribution in [0, 0.1) is 5.92 Å². The third-order valence-electron chi connectivity index (χ3n) is 5.02. The van der Waals surface area contributed by atoms with Crippen molar-refractivity contribution in [2.45, 2.75) is 31.6 Å². The van der Waals surface area contributed by atoms with E-state index in [2.05, 4.69) is 6.92 Å². The number of nitrogens with zero attached hydrogens (tertiary/aromatic N) is 2. The monoisotopic (exact) mass is 380 g/mol. The second-order valence-electron chi connectivity index (χ2n) is 6.93. The number of hydrogen-bond donors (Lipinski definition) is 0. The molecule has 1 fully saturated rings. The van der Waals surface area contributed by atoms with E-state index in [1.807, 2.05) is 4.90 Å². The SMILES string of the molecule is CCS(=O)(=O)c1ccc2c(c1)OC(=O)CN2CC(=O)N1CCC(C)CC1. The molecule has 0 aromatic heterocycles. The van der Waals surface area contributed by atoms with Gasteiger partial charge in [-0.05, 0) is 30.9 Å². The predicted molar refractivity (Wildman–Crippen MR) is 97.0 cm³/mol. The van der Waals surface area contributed by atoms with Crippen molar-refractivity contribution in [3.63, 3.8) is 0 Å². The maximum absolute atomic E-state index is 12.6. The lowest BCUT2D eigenvalue weighted by Crippen LogP contribution is -2.47. The Bertz CT molecular complexity index is 813. The van der Waals surface area contributed by atoms with Crippen molar-refractivity contribution in [1.82, 2.24) is 4.90 Å². The van der Waals surface area contributed by atoms with E-state index < -0.39 is 15.8 Å². The topological polar surface area (TPSA) is 84.0 Å². The Morgan fingerprint density at radius 2 is 1.96 bits per heavy atom. The Kier molecular flexibility index (Phi) is 5.22. The number of sulfone groups is 1. The zero-order valence-electron chi connectivity index (χ0n) is 15.1. The first kappa shape index (κ1) is 18.7. The molecule has 3 rings (SSSR count). The van der Waals surface area contributed by atoms with E-state index in [0.29, 0.717) is 11.6 Å². The molecule has 2 heterocycles. The highest BCUT2D eigenvalue weighted by molar-refractivity contribution is 7.91. The highest BCUT2D eigenvalue weighted by Gasteiger charge is 2.29. The first-order valence-electron chi connectivity index (χ1n) is 8.90. The Hall–Kier alpha value is -2.09. The lowest BCUT2D eigenvalue weighted by molar-refractivity contribution is -0.134. The molecule has 1 saturated heterocycles. The van der Waals surface area contributed by atoms with Crippen LogP contribution in [0.4, 0.5) is 5.69 Å². The van der Waals surface area contributed by atoms with Crippen molar-refractivity contribution in [2.24, 2.45) is 5.92 Å². The number of amides is 1. The van der Waals surface area contributed by atoms with Crippen LogP contribution in [-0.2, 0) is 19.4 Å². The minimum absolute atomic E-state index is 0.0249. The molecule has 0 aliphatic carbocycles. The van der Waals surface area contributed by atoms with E-state index in [-0.39, 0.29) is 35.4 Å². The summed E-state index contributed by atoms with van der Waals surface area (Å²) in [4.78, 5) is 28.1. The summed E-state index contributed by atoms with van der Waals surface area (Å²) in [6, 6.07) is 4.47. The van der Waals surface area contributed by atoms with Gasteiger partial charge in [-0.1, -0.05) is 13.8 Å². The Labute approximate surface area is 153 Å². The van der Waals surface area contributed by atoms with Crippen LogP contribution in [-0.4, -0.2) is 57.1 Å². The molecule has 26 heavy (non-hydrogen) atoms. The number of esters is 1. The molecule has 0 atom stereocenters. The van der Waals surface area contributed by atoms with Crippen molar-refractivity contribution in [2.75, 3.05) is 36.8 Å². The molecule has 1 aromatic rings. The van der Waals surface area contributed by atoms with Crippen LogP contribution in [0.2, 0.25) is 0 Å². The van der Waals surface area contributed by atoms with Crippen molar-refractivity contribution < 1.29 is 22.7 Å². The quantitative estimate of drug-likeness (QED) is 0.581. The largest absolute Gasteiger partial charge is 0.423 e. The fourth-order valence-electron chi connectivity index (χ4n) is 3.26. The number of fused-ring (bicyclic) bond motifs is 1. The fraction of sp³-hybridized carbons (Fsp3) is 0.556. The third-order valence-corrected chi connectivity index (χ3v) is 6.75. The molecule has 0 radical (unpaired) electrons. The minimum atomic E-state index is -3.40. The zero-order chi connectivity index (χ0) is 18.9. The molecule has 0 N–H and O–H groups in total. The molecule has 142 valence electrons. The van der Waals surface area contributed by atoms with Gasteiger partial charge in [-0.3, -0.25) is 4.79 Å². The number of carbonyl (C=O) groups is 2. The van der Waals surface area contributed by atoms with E-state index in [4.69, 9.17) is 4.74 Å². The fourth-order valence-corrected chi connectivity index (χ4v) is 4.15. The maximum atomic E-state index is 12.6. The van der Waals surface area contributed by atoms with Gasteiger partial charge in [0.1, 0.15) is 6.54 Å². The maximum Gasteiger partial charge on any atom is 0.331 e. The van der Waals surface area contributed by atoms with Gasteiger partial charge in [0.2, 0.25) is 5.91 Å². The second-order valence-corrected chi connectivity index (χ2v) is 9.20. The van der Waals surface area contributed by atoms with Crippen LogP contribution in [0.1, 0.15) is 26.7 Å². The van der Waals surface area contributed by atoms with Crippen LogP contribution < -0.4 is 9.64 Å². The standard InChI is InChI=1S/C18H24N2O5S/c1-3-26(23,24)14-4-5-15-16(10-14)25-18(22)12-20(15)11-17(21)19-8-6-13(2)7-9-19/h4-5,10,13H,3,6-9,11-12H2,1-2H3. The molecule has 0 spiro atoms. The number of likely N-dealkylation sites (tertiary alicyclic amines) is 1. The lowest BCUT2D eigenvalue weighted by Gasteiger charge is -2.34.